The van der Waals surface area contributed by atoms with E-state index in [1.54, 1.807) is 0 Å². The minimum absolute atomic E-state index is 0.337. The van der Waals surface area contributed by atoms with Gasteiger partial charge in [0.2, 0.25) is 0 Å². The maximum absolute atomic E-state index is 10.4. The van der Waals surface area contributed by atoms with Gasteiger partial charge in [-0.3, -0.25) is 0 Å². The van der Waals surface area contributed by atoms with Gasteiger partial charge in [-0.15, -0.1) is 0 Å². The maximum Gasteiger partial charge on any atom is 0.492 e. The highest BCUT2D eigenvalue weighted by Crippen LogP contribution is 2.12. The van der Waals surface area contributed by atoms with Crippen LogP contribution in [0.25, 0.3) is 0 Å². The van der Waals surface area contributed by atoms with Gasteiger partial charge in [-0.05, 0) is 16.6 Å². The second-order valence-corrected chi connectivity index (χ2v) is 3.02. The van der Waals surface area contributed by atoms with Crippen LogP contribution >= 0.6 is 0 Å². The summed E-state index contributed by atoms with van der Waals surface area (Å²) in [5.41, 5.74) is 2.61. The highest BCUT2D eigenvalue weighted by atomic mass is 16.5. The Hall–Kier alpha value is -1.13. The van der Waals surface area contributed by atoms with E-state index in [-0.39, 0.29) is 0 Å². The van der Waals surface area contributed by atoms with Gasteiger partial charge in [-0.2, -0.15) is 0 Å². The van der Waals surface area contributed by atoms with Crippen molar-refractivity contribution in [2.24, 2.45) is 0 Å². The molecule has 13 heavy (non-hydrogen) atoms. The molecule has 0 fully saturated rings. The average molecular weight is 176 g/mol. The van der Waals surface area contributed by atoms with Crippen molar-refractivity contribution in [3.8, 4) is 0 Å². The standard InChI is InChI=1S/C9H9BO3/c11-5-4-7-2-1-3-8-6-13-10(12)9(7)8/h1-3,5,12H,4,6H2. The lowest BCUT2D eigenvalue weighted by Crippen LogP contribution is -2.31. The van der Waals surface area contributed by atoms with Crippen LogP contribution in [0.4, 0.5) is 0 Å². The summed E-state index contributed by atoms with van der Waals surface area (Å²) in [5.74, 6) is 0. The van der Waals surface area contributed by atoms with E-state index in [0.29, 0.717) is 13.0 Å². The minimum atomic E-state index is -0.855. The number of hydrogen-bond acceptors (Lipinski definition) is 3. The summed E-state index contributed by atoms with van der Waals surface area (Å²) in [5, 5.41) is 9.45. The molecule has 0 atom stereocenters. The Morgan fingerprint density at radius 3 is 3.23 bits per heavy atom. The summed E-state index contributed by atoms with van der Waals surface area (Å²) in [4.78, 5) is 10.4. The SMILES string of the molecule is O=CCc1cccc2c1B(O)OC2. The van der Waals surface area contributed by atoms with Crippen LogP contribution in [0.5, 0.6) is 0 Å². The molecule has 1 aromatic carbocycles. The average Bonchev–Trinajstić information content (AvgIpc) is 2.50. The highest BCUT2D eigenvalue weighted by molar-refractivity contribution is 6.62. The van der Waals surface area contributed by atoms with Crippen molar-refractivity contribution >= 4 is 18.9 Å². The van der Waals surface area contributed by atoms with Crippen molar-refractivity contribution in [1.29, 1.82) is 0 Å². The summed E-state index contributed by atoms with van der Waals surface area (Å²) in [7, 11) is -0.855. The molecule has 1 aliphatic rings. The Kier molecular flexibility index (Phi) is 2.16. The van der Waals surface area contributed by atoms with Gasteiger partial charge in [0.05, 0.1) is 6.61 Å². The van der Waals surface area contributed by atoms with Crippen LogP contribution < -0.4 is 5.46 Å². The molecule has 0 amide bonds. The lowest BCUT2D eigenvalue weighted by Gasteiger charge is -2.03. The van der Waals surface area contributed by atoms with Gasteiger partial charge in [0.15, 0.2) is 0 Å². The van der Waals surface area contributed by atoms with E-state index < -0.39 is 7.12 Å². The molecule has 4 heteroatoms. The molecule has 0 aliphatic carbocycles. The summed E-state index contributed by atoms with van der Waals surface area (Å²) in [6.45, 7) is 0.434. The molecule has 2 rings (SSSR count). The summed E-state index contributed by atoms with van der Waals surface area (Å²) in [6.07, 6.45) is 1.17. The van der Waals surface area contributed by atoms with Crippen molar-refractivity contribution in [1.82, 2.24) is 0 Å². The molecular weight excluding hydrogens is 167 g/mol. The Labute approximate surface area is 76.5 Å². The first-order chi connectivity index (χ1) is 6.33. The van der Waals surface area contributed by atoms with Gasteiger partial charge in [-0.1, -0.05) is 18.2 Å². The molecule has 0 radical (unpaired) electrons. The van der Waals surface area contributed by atoms with E-state index in [0.717, 1.165) is 22.9 Å². The third-order valence-electron chi connectivity index (χ3n) is 2.23. The zero-order valence-corrected chi connectivity index (χ0v) is 7.06. The smallest absolute Gasteiger partial charge is 0.423 e. The normalized spacial score (nSPS) is 14.4. The van der Waals surface area contributed by atoms with Crippen LogP contribution in [0.2, 0.25) is 0 Å². The number of hydrogen-bond donors (Lipinski definition) is 1. The van der Waals surface area contributed by atoms with E-state index in [1.165, 1.54) is 0 Å². The number of aldehydes is 1. The Bertz CT molecular complexity index is 338. The van der Waals surface area contributed by atoms with Gasteiger partial charge in [-0.25, -0.2) is 0 Å². The molecule has 66 valence electrons. The first kappa shape index (κ1) is 8.47. The van der Waals surface area contributed by atoms with Crippen LogP contribution in [0, 0.1) is 0 Å². The fourth-order valence-electron chi connectivity index (χ4n) is 1.63. The van der Waals surface area contributed by atoms with Crippen LogP contribution in [0.1, 0.15) is 11.1 Å². The summed E-state index contributed by atoms with van der Waals surface area (Å²) >= 11 is 0. The molecular formula is C9H9BO3. The van der Waals surface area contributed by atoms with Crippen LogP contribution in [0.3, 0.4) is 0 Å². The van der Waals surface area contributed by atoms with Crippen LogP contribution in [-0.4, -0.2) is 18.4 Å². The van der Waals surface area contributed by atoms with Gasteiger partial charge in [0.25, 0.3) is 0 Å². The van der Waals surface area contributed by atoms with Gasteiger partial charge in [0.1, 0.15) is 6.29 Å². The zero-order chi connectivity index (χ0) is 9.26. The number of rotatable bonds is 2. The van der Waals surface area contributed by atoms with E-state index >= 15 is 0 Å². The topological polar surface area (TPSA) is 46.5 Å². The molecule has 0 aromatic heterocycles. The molecule has 3 nitrogen and oxygen atoms in total. The van der Waals surface area contributed by atoms with Crippen molar-refractivity contribution in [3.05, 3.63) is 29.3 Å². The van der Waals surface area contributed by atoms with Gasteiger partial charge < -0.3 is 14.5 Å². The van der Waals surface area contributed by atoms with Crippen molar-refractivity contribution in [2.45, 2.75) is 13.0 Å². The lowest BCUT2D eigenvalue weighted by molar-refractivity contribution is -0.107. The number of carbonyl (C=O) groups excluding carboxylic acids is 1. The molecule has 1 aromatic rings. The molecule has 0 saturated heterocycles. The van der Waals surface area contributed by atoms with Crippen LogP contribution in [0.15, 0.2) is 18.2 Å². The molecule has 1 heterocycles. The molecule has 0 unspecified atom stereocenters. The second-order valence-electron chi connectivity index (χ2n) is 3.02. The molecule has 0 spiro atoms. The second kappa shape index (κ2) is 3.32. The predicted molar refractivity (Wildman–Crippen MR) is 48.6 cm³/mol. The molecule has 0 bridgehead atoms. The highest BCUT2D eigenvalue weighted by Gasteiger charge is 2.29. The largest absolute Gasteiger partial charge is 0.492 e. The number of fused-ring (bicyclic) bond motifs is 1. The third-order valence-corrected chi connectivity index (χ3v) is 2.23. The molecule has 0 saturated carbocycles. The van der Waals surface area contributed by atoms with Gasteiger partial charge >= 0.3 is 7.12 Å². The Balaban J connectivity index is 2.46. The predicted octanol–water partition coefficient (Wildman–Crippen LogP) is -0.354. The van der Waals surface area contributed by atoms with Crippen molar-refractivity contribution in [2.75, 3.05) is 0 Å². The number of carbonyl (C=O) groups is 1. The summed E-state index contributed by atoms with van der Waals surface area (Å²) < 4.78 is 5.05. The van der Waals surface area contributed by atoms with E-state index in [9.17, 15) is 9.82 Å². The van der Waals surface area contributed by atoms with E-state index in [1.807, 2.05) is 18.2 Å². The Morgan fingerprint density at radius 1 is 1.62 bits per heavy atom. The molecule has 1 aliphatic heterocycles. The monoisotopic (exact) mass is 176 g/mol. The van der Waals surface area contributed by atoms with Gasteiger partial charge in [0, 0.05) is 6.42 Å². The third kappa shape index (κ3) is 1.38. The minimum Gasteiger partial charge on any atom is -0.423 e. The summed E-state index contributed by atoms with van der Waals surface area (Å²) in [6, 6.07) is 5.62. The number of benzene rings is 1. The van der Waals surface area contributed by atoms with E-state index in [2.05, 4.69) is 0 Å². The first-order valence-corrected chi connectivity index (χ1v) is 4.17. The molecule has 1 N–H and O–H groups in total. The zero-order valence-electron chi connectivity index (χ0n) is 7.06. The quantitative estimate of drug-likeness (QED) is 0.494. The van der Waals surface area contributed by atoms with Crippen molar-refractivity contribution in [3.63, 3.8) is 0 Å². The van der Waals surface area contributed by atoms with Crippen molar-refractivity contribution < 1.29 is 14.5 Å². The first-order valence-electron chi connectivity index (χ1n) is 4.17. The Morgan fingerprint density at radius 2 is 2.46 bits per heavy atom. The lowest BCUT2D eigenvalue weighted by atomic mass is 9.75. The maximum atomic E-state index is 10.4. The van der Waals surface area contributed by atoms with Crippen LogP contribution in [-0.2, 0) is 22.5 Å². The fraction of sp³-hybridized carbons (Fsp3) is 0.222. The fourth-order valence-corrected chi connectivity index (χ4v) is 1.63. The van der Waals surface area contributed by atoms with E-state index in [4.69, 9.17) is 4.65 Å².